The van der Waals surface area contributed by atoms with Crippen LogP contribution in [0.5, 0.6) is 0 Å². The molecule has 0 aliphatic heterocycles. The maximum absolute atomic E-state index is 5.29. The van der Waals surface area contributed by atoms with Crippen LogP contribution >= 0.6 is 0 Å². The highest BCUT2D eigenvalue weighted by atomic mass is 14.8. The number of para-hydroxylation sites is 1. The molecule has 0 bridgehead atoms. The summed E-state index contributed by atoms with van der Waals surface area (Å²) in [4.78, 5) is 24.6. The molecule has 5 heterocycles. The number of rotatable bonds is 6. The van der Waals surface area contributed by atoms with Gasteiger partial charge in [-0.3, -0.25) is 9.97 Å². The van der Waals surface area contributed by atoms with E-state index in [2.05, 4.69) is 143 Å². The van der Waals surface area contributed by atoms with Crippen molar-refractivity contribution in [1.29, 1.82) is 0 Å². The van der Waals surface area contributed by atoms with Crippen LogP contribution in [0.15, 0.2) is 188 Å². The molecule has 10 aromatic rings. The average Bonchev–Trinajstić information content (AvgIpc) is 3.26. The van der Waals surface area contributed by atoms with Crippen molar-refractivity contribution in [3.63, 3.8) is 0 Å². The second kappa shape index (κ2) is 13.3. The first-order valence-corrected chi connectivity index (χ1v) is 18.0. The average molecular weight is 690 g/mol. The van der Waals surface area contributed by atoms with Gasteiger partial charge < -0.3 is 0 Å². The smallest absolute Gasteiger partial charge is 0.0978 e. The van der Waals surface area contributed by atoms with E-state index in [0.29, 0.717) is 0 Å². The Kier molecular flexibility index (Phi) is 7.73. The van der Waals surface area contributed by atoms with Gasteiger partial charge >= 0.3 is 0 Å². The molecule has 0 atom stereocenters. The standard InChI is InChI=1S/C49H31N5/c1-2-10-32(11-3-1)33-18-22-36(23-19-33)47-39-12-4-5-13-42(39)54-49-40(47)26-24-37-25-27-41(53-48(37)49)35-20-16-34(17-21-35)38-30-45(43-14-6-8-28-50-43)52-46(31-38)44-15-7-9-29-51-44/h1-31H. The zero-order chi connectivity index (χ0) is 35.8. The molecular weight excluding hydrogens is 659 g/mol. The number of benzene rings is 5. The van der Waals surface area contributed by atoms with Crippen LogP contribution in [0, 0.1) is 0 Å². The topological polar surface area (TPSA) is 64.5 Å². The Morgan fingerprint density at radius 3 is 1.56 bits per heavy atom. The molecule has 54 heavy (non-hydrogen) atoms. The van der Waals surface area contributed by atoms with Crippen molar-refractivity contribution < 1.29 is 0 Å². The van der Waals surface area contributed by atoms with E-state index in [-0.39, 0.29) is 0 Å². The van der Waals surface area contributed by atoms with E-state index in [4.69, 9.17) is 15.0 Å². The van der Waals surface area contributed by atoms with Crippen molar-refractivity contribution in [2.24, 2.45) is 0 Å². The Bertz CT molecular complexity index is 2890. The number of nitrogens with zero attached hydrogens (tertiary/aromatic N) is 5. The van der Waals surface area contributed by atoms with Gasteiger partial charge in [-0.2, -0.15) is 0 Å². The second-order valence-corrected chi connectivity index (χ2v) is 13.3. The molecule has 0 aliphatic rings. The summed E-state index contributed by atoms with van der Waals surface area (Å²) in [5.41, 5.74) is 14.7. The molecule has 5 aromatic heterocycles. The molecule has 5 nitrogen and oxygen atoms in total. The van der Waals surface area contributed by atoms with Crippen LogP contribution in [0.2, 0.25) is 0 Å². The predicted molar refractivity (Wildman–Crippen MR) is 221 cm³/mol. The molecule has 5 heteroatoms. The summed E-state index contributed by atoms with van der Waals surface area (Å²) >= 11 is 0. The summed E-state index contributed by atoms with van der Waals surface area (Å²) in [5.74, 6) is 0. The Morgan fingerprint density at radius 1 is 0.296 bits per heavy atom. The summed E-state index contributed by atoms with van der Waals surface area (Å²) < 4.78 is 0. The SMILES string of the molecule is c1ccc(-c2ccc(-c3c4ccccc4nc4c3ccc3ccc(-c5ccc(-c6cc(-c7ccccn7)nc(-c7ccccn7)c6)cc5)nc34)cc2)cc1. The number of hydrogen-bond acceptors (Lipinski definition) is 5. The van der Waals surface area contributed by atoms with Crippen molar-refractivity contribution in [1.82, 2.24) is 24.9 Å². The molecule has 0 fully saturated rings. The third-order valence-electron chi connectivity index (χ3n) is 9.99. The van der Waals surface area contributed by atoms with Crippen LogP contribution in [0.3, 0.4) is 0 Å². The lowest BCUT2D eigenvalue weighted by Gasteiger charge is -2.14. The molecule has 0 amide bonds. The molecule has 0 unspecified atom stereocenters. The lowest BCUT2D eigenvalue weighted by Crippen LogP contribution is -1.94. The Hall–Kier alpha value is -7.37. The van der Waals surface area contributed by atoms with Crippen LogP contribution in [-0.2, 0) is 0 Å². The van der Waals surface area contributed by atoms with Crippen LogP contribution in [0.1, 0.15) is 0 Å². The summed E-state index contributed by atoms with van der Waals surface area (Å²) in [6.07, 6.45) is 3.58. The maximum atomic E-state index is 5.29. The minimum Gasteiger partial charge on any atom is -0.255 e. The van der Waals surface area contributed by atoms with Gasteiger partial charge in [-0.15, -0.1) is 0 Å². The lowest BCUT2D eigenvalue weighted by atomic mass is 9.93. The molecule has 252 valence electrons. The van der Waals surface area contributed by atoms with Gasteiger partial charge in [0.15, 0.2) is 0 Å². The summed E-state index contributed by atoms with van der Waals surface area (Å²) in [7, 11) is 0. The van der Waals surface area contributed by atoms with E-state index >= 15 is 0 Å². The van der Waals surface area contributed by atoms with Crippen molar-refractivity contribution in [3.05, 3.63) is 188 Å². The summed E-state index contributed by atoms with van der Waals surface area (Å²) in [5, 5.41) is 3.26. The predicted octanol–water partition coefficient (Wildman–Crippen LogP) is 12.1. The van der Waals surface area contributed by atoms with Gasteiger partial charge in [-0.25, -0.2) is 15.0 Å². The van der Waals surface area contributed by atoms with Gasteiger partial charge in [-0.05, 0) is 76.3 Å². The first kappa shape index (κ1) is 31.4. The van der Waals surface area contributed by atoms with Crippen LogP contribution < -0.4 is 0 Å². The van der Waals surface area contributed by atoms with Crippen molar-refractivity contribution in [2.75, 3.05) is 0 Å². The maximum Gasteiger partial charge on any atom is 0.0978 e. The van der Waals surface area contributed by atoms with E-state index < -0.39 is 0 Å². The van der Waals surface area contributed by atoms with Gasteiger partial charge in [0.2, 0.25) is 0 Å². The molecule has 0 saturated heterocycles. The Labute approximate surface area is 312 Å². The first-order valence-electron chi connectivity index (χ1n) is 18.0. The van der Waals surface area contributed by atoms with E-state index in [0.717, 1.165) is 83.4 Å². The number of aromatic nitrogens is 5. The minimum absolute atomic E-state index is 0.799. The molecule has 0 N–H and O–H groups in total. The van der Waals surface area contributed by atoms with Crippen LogP contribution in [-0.4, -0.2) is 24.9 Å². The van der Waals surface area contributed by atoms with Crippen LogP contribution in [0.4, 0.5) is 0 Å². The highest BCUT2D eigenvalue weighted by Gasteiger charge is 2.16. The van der Waals surface area contributed by atoms with Gasteiger partial charge in [0.1, 0.15) is 0 Å². The third kappa shape index (κ3) is 5.74. The Balaban J connectivity index is 1.06. The van der Waals surface area contributed by atoms with Gasteiger partial charge in [0.25, 0.3) is 0 Å². The van der Waals surface area contributed by atoms with E-state index in [9.17, 15) is 0 Å². The fraction of sp³-hybridized carbons (Fsp3) is 0. The lowest BCUT2D eigenvalue weighted by molar-refractivity contribution is 1.22. The highest BCUT2D eigenvalue weighted by molar-refractivity contribution is 6.16. The normalized spacial score (nSPS) is 11.3. The quantitative estimate of drug-likeness (QED) is 0.128. The number of hydrogen-bond donors (Lipinski definition) is 0. The molecular formula is C49H31N5. The van der Waals surface area contributed by atoms with Crippen LogP contribution in [0.25, 0.3) is 100 Å². The fourth-order valence-corrected chi connectivity index (χ4v) is 7.29. The monoisotopic (exact) mass is 689 g/mol. The fourth-order valence-electron chi connectivity index (χ4n) is 7.29. The number of fused-ring (bicyclic) bond motifs is 4. The second-order valence-electron chi connectivity index (χ2n) is 13.3. The zero-order valence-electron chi connectivity index (χ0n) is 29.1. The largest absolute Gasteiger partial charge is 0.255 e. The van der Waals surface area contributed by atoms with Gasteiger partial charge in [0, 0.05) is 39.7 Å². The Morgan fingerprint density at radius 2 is 0.870 bits per heavy atom. The zero-order valence-corrected chi connectivity index (χ0v) is 29.1. The number of pyridine rings is 5. The molecule has 0 spiro atoms. The minimum atomic E-state index is 0.799. The third-order valence-corrected chi connectivity index (χ3v) is 9.99. The van der Waals surface area contributed by atoms with E-state index in [1.807, 2.05) is 42.5 Å². The molecule has 0 aliphatic carbocycles. The summed E-state index contributed by atoms with van der Waals surface area (Å²) in [6.45, 7) is 0. The molecule has 0 saturated carbocycles. The first-order chi connectivity index (χ1) is 26.7. The van der Waals surface area contributed by atoms with Crippen molar-refractivity contribution in [2.45, 2.75) is 0 Å². The van der Waals surface area contributed by atoms with Crippen molar-refractivity contribution >= 4 is 32.7 Å². The molecule has 0 radical (unpaired) electrons. The van der Waals surface area contributed by atoms with E-state index in [1.165, 1.54) is 16.7 Å². The van der Waals surface area contributed by atoms with Gasteiger partial charge in [-0.1, -0.05) is 127 Å². The van der Waals surface area contributed by atoms with Gasteiger partial charge in [0.05, 0.1) is 45.0 Å². The van der Waals surface area contributed by atoms with E-state index in [1.54, 1.807) is 12.4 Å². The highest BCUT2D eigenvalue weighted by Crippen LogP contribution is 2.39. The van der Waals surface area contributed by atoms with Crippen molar-refractivity contribution in [3.8, 4) is 67.4 Å². The molecule has 5 aromatic carbocycles. The molecule has 10 rings (SSSR count). The summed E-state index contributed by atoms with van der Waals surface area (Å²) in [6, 6.07) is 60.9.